The molecular weight excluding hydrogens is 170 g/mol. The van der Waals surface area contributed by atoms with Crippen molar-refractivity contribution in [3.63, 3.8) is 0 Å². The summed E-state index contributed by atoms with van der Waals surface area (Å²) in [5, 5.41) is 8.87. The van der Waals surface area contributed by atoms with Gasteiger partial charge in [0.2, 0.25) is 0 Å². The average molecular weight is 183 g/mol. The minimum atomic E-state index is -0.0884. The van der Waals surface area contributed by atoms with Gasteiger partial charge in [0, 0.05) is 0 Å². The number of nitrogens with zero attached hydrogens (tertiary/aromatic N) is 1. The molecule has 14 heavy (non-hydrogen) atoms. The van der Waals surface area contributed by atoms with Crippen molar-refractivity contribution in [1.82, 2.24) is 0 Å². The molecule has 0 aliphatic heterocycles. The molecule has 0 aromatic heterocycles. The van der Waals surface area contributed by atoms with E-state index in [0.717, 1.165) is 16.7 Å². The van der Waals surface area contributed by atoms with Gasteiger partial charge in [-0.3, -0.25) is 0 Å². The Labute approximate surface area is 85.0 Å². The van der Waals surface area contributed by atoms with Crippen LogP contribution in [0, 0.1) is 11.3 Å². The zero-order valence-electron chi connectivity index (χ0n) is 8.54. The van der Waals surface area contributed by atoms with E-state index in [1.54, 1.807) is 0 Å². The van der Waals surface area contributed by atoms with Crippen molar-refractivity contribution < 1.29 is 0 Å². The van der Waals surface area contributed by atoms with Crippen molar-refractivity contribution in [2.24, 2.45) is 0 Å². The zero-order valence-corrected chi connectivity index (χ0v) is 8.54. The monoisotopic (exact) mass is 183 g/mol. The highest BCUT2D eigenvalue weighted by Crippen LogP contribution is 2.24. The van der Waals surface area contributed by atoms with Crippen molar-refractivity contribution >= 4 is 5.57 Å². The van der Waals surface area contributed by atoms with E-state index in [9.17, 15) is 0 Å². The van der Waals surface area contributed by atoms with Crippen LogP contribution < -0.4 is 0 Å². The summed E-state index contributed by atoms with van der Waals surface area (Å²) >= 11 is 0. The van der Waals surface area contributed by atoms with E-state index in [-0.39, 0.29) is 5.92 Å². The summed E-state index contributed by atoms with van der Waals surface area (Å²) in [5.41, 5.74) is 5.96. The van der Waals surface area contributed by atoms with Crippen LogP contribution in [0.5, 0.6) is 0 Å². The third-order valence-corrected chi connectivity index (χ3v) is 2.29. The lowest BCUT2D eigenvalue weighted by molar-refractivity contribution is 0.975. The van der Waals surface area contributed by atoms with Crippen LogP contribution in [-0.2, 0) is 0 Å². The largest absolute Gasteiger partial charge is 0.198 e. The third-order valence-electron chi connectivity index (χ3n) is 2.29. The number of hydrogen-bond acceptors (Lipinski definition) is 1. The van der Waals surface area contributed by atoms with Crippen LogP contribution in [0.15, 0.2) is 36.6 Å². The Bertz CT molecular complexity index is 417. The average Bonchev–Trinajstić information content (AvgIpc) is 2.27. The van der Waals surface area contributed by atoms with Crippen molar-refractivity contribution in [3.05, 3.63) is 47.7 Å². The fourth-order valence-corrected chi connectivity index (χ4v) is 1.38. The summed E-state index contributed by atoms with van der Waals surface area (Å²) < 4.78 is 0. The van der Waals surface area contributed by atoms with Crippen LogP contribution in [-0.4, -0.2) is 0 Å². The number of hydrogen-bond donors (Lipinski definition) is 0. The van der Waals surface area contributed by atoms with Crippen molar-refractivity contribution in [3.8, 4) is 6.07 Å². The lowest BCUT2D eigenvalue weighted by Gasteiger charge is -2.09. The minimum Gasteiger partial charge on any atom is -0.198 e. The molecule has 0 heterocycles. The van der Waals surface area contributed by atoms with Crippen molar-refractivity contribution in [2.45, 2.75) is 19.8 Å². The molecule has 1 nitrogen and oxygen atoms in total. The van der Waals surface area contributed by atoms with Gasteiger partial charge in [0.25, 0.3) is 0 Å². The van der Waals surface area contributed by atoms with Gasteiger partial charge in [-0.2, -0.15) is 5.26 Å². The topological polar surface area (TPSA) is 23.8 Å². The zero-order chi connectivity index (χ0) is 10.6. The summed E-state index contributed by atoms with van der Waals surface area (Å²) in [6, 6.07) is 10.1. The highest BCUT2D eigenvalue weighted by molar-refractivity contribution is 5.66. The first-order valence-electron chi connectivity index (χ1n) is 4.56. The summed E-state index contributed by atoms with van der Waals surface area (Å²) in [7, 11) is 0. The number of rotatable bonds is 2. The van der Waals surface area contributed by atoms with E-state index in [0.29, 0.717) is 0 Å². The standard InChI is InChI=1S/C13H13N/c1-4-10(2)12-7-5-6-8-13(12)11(3)9-14/h5-8,11H,1H2,2-3H3. The van der Waals surface area contributed by atoms with Crippen LogP contribution >= 0.6 is 0 Å². The molecule has 0 bridgehead atoms. The summed E-state index contributed by atoms with van der Waals surface area (Å²) in [4.78, 5) is 0. The molecule has 0 aliphatic carbocycles. The SMILES string of the molecule is C=C=C(C)c1ccccc1C(C)C#N. The molecule has 0 spiro atoms. The number of allylic oxidation sites excluding steroid dienone is 1. The lowest BCUT2D eigenvalue weighted by atomic mass is 9.93. The van der Waals surface area contributed by atoms with E-state index in [1.807, 2.05) is 38.1 Å². The van der Waals surface area contributed by atoms with Gasteiger partial charge in [-0.25, -0.2) is 0 Å². The molecule has 1 heteroatoms. The van der Waals surface area contributed by atoms with E-state index in [1.165, 1.54) is 0 Å². The molecule has 0 aliphatic rings. The second kappa shape index (κ2) is 4.46. The van der Waals surface area contributed by atoms with E-state index in [2.05, 4.69) is 18.4 Å². The second-order valence-corrected chi connectivity index (χ2v) is 3.24. The van der Waals surface area contributed by atoms with Crippen molar-refractivity contribution in [2.75, 3.05) is 0 Å². The number of nitriles is 1. The van der Waals surface area contributed by atoms with Crippen molar-refractivity contribution in [1.29, 1.82) is 5.26 Å². The Morgan fingerprint density at radius 3 is 2.64 bits per heavy atom. The maximum absolute atomic E-state index is 8.87. The lowest BCUT2D eigenvalue weighted by Crippen LogP contribution is -1.94. The second-order valence-electron chi connectivity index (χ2n) is 3.24. The Kier molecular flexibility index (Phi) is 3.29. The van der Waals surface area contributed by atoms with Gasteiger partial charge in [-0.1, -0.05) is 30.8 Å². The first-order valence-corrected chi connectivity index (χ1v) is 4.56. The molecule has 0 saturated carbocycles. The summed E-state index contributed by atoms with van der Waals surface area (Å²) in [6.45, 7) is 7.47. The molecule has 0 saturated heterocycles. The van der Waals surface area contributed by atoms with Gasteiger partial charge in [-0.15, -0.1) is 5.73 Å². The Balaban J connectivity index is 3.31. The van der Waals surface area contributed by atoms with Gasteiger partial charge in [-0.05, 0) is 30.5 Å². The Hall–Kier alpha value is -1.77. The third kappa shape index (κ3) is 1.93. The van der Waals surface area contributed by atoms with E-state index in [4.69, 9.17) is 5.26 Å². The van der Waals surface area contributed by atoms with Gasteiger partial charge in [0.15, 0.2) is 0 Å². The number of benzene rings is 1. The maximum atomic E-state index is 8.87. The summed E-state index contributed by atoms with van der Waals surface area (Å²) in [5.74, 6) is -0.0884. The molecular formula is C13H13N. The first-order chi connectivity index (χ1) is 6.70. The first kappa shape index (κ1) is 10.3. The normalized spacial score (nSPS) is 11.2. The molecule has 1 unspecified atom stereocenters. The van der Waals surface area contributed by atoms with Crippen LogP contribution in [0.4, 0.5) is 0 Å². The highest BCUT2D eigenvalue weighted by atomic mass is 14.3. The van der Waals surface area contributed by atoms with Crippen LogP contribution in [0.1, 0.15) is 30.9 Å². The van der Waals surface area contributed by atoms with Gasteiger partial charge in [0.1, 0.15) is 0 Å². The molecule has 0 fully saturated rings. The van der Waals surface area contributed by atoms with Gasteiger partial charge < -0.3 is 0 Å². The van der Waals surface area contributed by atoms with E-state index < -0.39 is 0 Å². The maximum Gasteiger partial charge on any atom is 0.0701 e. The Morgan fingerprint density at radius 1 is 1.43 bits per heavy atom. The van der Waals surface area contributed by atoms with Gasteiger partial charge in [0.05, 0.1) is 12.0 Å². The fraction of sp³-hybridized carbons (Fsp3) is 0.231. The smallest absolute Gasteiger partial charge is 0.0701 e. The molecule has 70 valence electrons. The predicted octanol–water partition coefficient (Wildman–Crippen LogP) is 3.50. The molecule has 1 aromatic carbocycles. The Morgan fingerprint density at radius 2 is 2.07 bits per heavy atom. The molecule has 1 rings (SSSR count). The summed E-state index contributed by atoms with van der Waals surface area (Å²) in [6.07, 6.45) is 0. The fourth-order valence-electron chi connectivity index (χ4n) is 1.38. The molecule has 1 atom stereocenters. The molecule has 0 radical (unpaired) electrons. The molecule has 0 amide bonds. The van der Waals surface area contributed by atoms with Crippen LogP contribution in [0.2, 0.25) is 0 Å². The molecule has 0 N–H and O–H groups in total. The van der Waals surface area contributed by atoms with Gasteiger partial charge >= 0.3 is 0 Å². The van der Waals surface area contributed by atoms with Crippen LogP contribution in [0.3, 0.4) is 0 Å². The quantitative estimate of drug-likeness (QED) is 0.644. The minimum absolute atomic E-state index is 0.0884. The van der Waals surface area contributed by atoms with Crippen LogP contribution in [0.25, 0.3) is 5.57 Å². The molecule has 1 aromatic rings. The van der Waals surface area contributed by atoms with E-state index >= 15 is 0 Å². The predicted molar refractivity (Wildman–Crippen MR) is 58.7 cm³/mol. The highest BCUT2D eigenvalue weighted by Gasteiger charge is 2.09.